The Kier molecular flexibility index (Phi) is 2.85. The number of hydrogen-bond acceptors (Lipinski definition) is 3. The first-order valence-electron chi connectivity index (χ1n) is 5.03. The summed E-state index contributed by atoms with van der Waals surface area (Å²) < 4.78 is 10.4. The number of hydrogen-bond donors (Lipinski definition) is 1. The Morgan fingerprint density at radius 3 is 2.69 bits per heavy atom. The lowest BCUT2D eigenvalue weighted by molar-refractivity contribution is 0.252. The van der Waals surface area contributed by atoms with Crippen molar-refractivity contribution >= 4 is 11.7 Å². The van der Waals surface area contributed by atoms with Gasteiger partial charge in [-0.25, -0.2) is 4.79 Å². The van der Waals surface area contributed by atoms with Gasteiger partial charge in [-0.2, -0.15) is 0 Å². The van der Waals surface area contributed by atoms with E-state index in [-0.39, 0.29) is 6.03 Å². The van der Waals surface area contributed by atoms with E-state index in [0.717, 1.165) is 5.69 Å². The molecule has 1 N–H and O–H groups in total. The van der Waals surface area contributed by atoms with E-state index in [2.05, 4.69) is 5.32 Å². The average Bonchev–Trinajstić information content (AvgIpc) is 2.74. The van der Waals surface area contributed by atoms with Crippen LogP contribution in [0.15, 0.2) is 18.2 Å². The van der Waals surface area contributed by atoms with Crippen LogP contribution in [0.25, 0.3) is 0 Å². The van der Waals surface area contributed by atoms with Crippen molar-refractivity contribution in [2.75, 3.05) is 32.2 Å². The molecule has 0 atom stereocenters. The maximum atomic E-state index is 11.6. The second-order valence-corrected chi connectivity index (χ2v) is 3.42. The summed E-state index contributed by atoms with van der Waals surface area (Å²) in [5, 5.41) is 2.75. The zero-order valence-electron chi connectivity index (χ0n) is 9.32. The molecule has 1 saturated heterocycles. The van der Waals surface area contributed by atoms with Gasteiger partial charge in [0.25, 0.3) is 0 Å². The third-order valence-electron chi connectivity index (χ3n) is 2.53. The van der Waals surface area contributed by atoms with E-state index in [9.17, 15) is 4.79 Å². The molecule has 0 radical (unpaired) electrons. The number of nitrogens with zero attached hydrogens (tertiary/aromatic N) is 1. The predicted octanol–water partition coefficient (Wildman–Crippen LogP) is 1.23. The monoisotopic (exact) mass is 222 g/mol. The van der Waals surface area contributed by atoms with Gasteiger partial charge in [-0.15, -0.1) is 0 Å². The topological polar surface area (TPSA) is 50.8 Å². The average molecular weight is 222 g/mol. The van der Waals surface area contributed by atoms with Gasteiger partial charge in [0.1, 0.15) is 11.5 Å². The van der Waals surface area contributed by atoms with Crippen molar-refractivity contribution in [3.63, 3.8) is 0 Å². The lowest BCUT2D eigenvalue weighted by Gasteiger charge is -2.18. The van der Waals surface area contributed by atoms with E-state index < -0.39 is 0 Å². The zero-order chi connectivity index (χ0) is 11.5. The Morgan fingerprint density at radius 2 is 2.12 bits per heavy atom. The van der Waals surface area contributed by atoms with E-state index in [1.54, 1.807) is 37.3 Å². The molecule has 1 aromatic rings. The molecule has 1 aliphatic rings. The van der Waals surface area contributed by atoms with Crippen molar-refractivity contribution in [2.24, 2.45) is 0 Å². The van der Waals surface area contributed by atoms with Crippen molar-refractivity contribution in [1.82, 2.24) is 5.32 Å². The maximum absolute atomic E-state index is 11.6. The molecule has 1 aromatic carbocycles. The van der Waals surface area contributed by atoms with E-state index in [0.29, 0.717) is 24.6 Å². The third kappa shape index (κ3) is 1.76. The Hall–Kier alpha value is -1.91. The van der Waals surface area contributed by atoms with Gasteiger partial charge in [0, 0.05) is 19.2 Å². The SMILES string of the molecule is COc1ccc(OC)c(N2CCNC2=O)c1. The smallest absolute Gasteiger partial charge is 0.322 e. The molecule has 5 nitrogen and oxygen atoms in total. The summed E-state index contributed by atoms with van der Waals surface area (Å²) in [4.78, 5) is 13.2. The van der Waals surface area contributed by atoms with Gasteiger partial charge in [-0.3, -0.25) is 4.90 Å². The molecule has 2 rings (SSSR count). The summed E-state index contributed by atoms with van der Waals surface area (Å²) in [5.74, 6) is 1.37. The number of anilines is 1. The van der Waals surface area contributed by atoms with Crippen LogP contribution in [-0.2, 0) is 0 Å². The molecule has 2 amide bonds. The van der Waals surface area contributed by atoms with Gasteiger partial charge < -0.3 is 14.8 Å². The molecule has 0 aliphatic carbocycles. The van der Waals surface area contributed by atoms with Crippen LogP contribution in [0.4, 0.5) is 10.5 Å². The first-order chi connectivity index (χ1) is 7.76. The molecule has 0 saturated carbocycles. The number of nitrogens with one attached hydrogen (secondary N) is 1. The summed E-state index contributed by atoms with van der Waals surface area (Å²) in [5.41, 5.74) is 0.733. The summed E-state index contributed by atoms with van der Waals surface area (Å²) in [6.07, 6.45) is 0. The normalized spacial score (nSPS) is 14.9. The molecule has 5 heteroatoms. The standard InChI is InChI=1S/C11H14N2O3/c1-15-8-3-4-10(16-2)9(7-8)13-6-5-12-11(13)14/h3-4,7H,5-6H2,1-2H3,(H,12,14). The van der Waals surface area contributed by atoms with Crippen molar-refractivity contribution in [1.29, 1.82) is 0 Å². The van der Waals surface area contributed by atoms with Gasteiger partial charge in [-0.05, 0) is 12.1 Å². The van der Waals surface area contributed by atoms with Crippen LogP contribution < -0.4 is 19.7 Å². The van der Waals surface area contributed by atoms with Crippen molar-refractivity contribution in [3.05, 3.63) is 18.2 Å². The van der Waals surface area contributed by atoms with Gasteiger partial charge in [0.15, 0.2) is 0 Å². The molecule has 0 aromatic heterocycles. The van der Waals surface area contributed by atoms with Crippen LogP contribution >= 0.6 is 0 Å². The van der Waals surface area contributed by atoms with Crippen LogP contribution in [0, 0.1) is 0 Å². The molecular weight excluding hydrogens is 208 g/mol. The van der Waals surface area contributed by atoms with Crippen molar-refractivity contribution in [3.8, 4) is 11.5 Å². The molecule has 16 heavy (non-hydrogen) atoms. The predicted molar refractivity (Wildman–Crippen MR) is 60.3 cm³/mol. The Morgan fingerprint density at radius 1 is 1.31 bits per heavy atom. The number of benzene rings is 1. The van der Waals surface area contributed by atoms with E-state index >= 15 is 0 Å². The fourth-order valence-corrected chi connectivity index (χ4v) is 1.71. The number of urea groups is 1. The van der Waals surface area contributed by atoms with Crippen LogP contribution in [0.3, 0.4) is 0 Å². The number of methoxy groups -OCH3 is 2. The van der Waals surface area contributed by atoms with Gasteiger partial charge in [0.05, 0.1) is 19.9 Å². The summed E-state index contributed by atoms with van der Waals surface area (Å²) in [6.45, 7) is 1.29. The first-order valence-corrected chi connectivity index (χ1v) is 5.03. The van der Waals surface area contributed by atoms with Crippen molar-refractivity contribution in [2.45, 2.75) is 0 Å². The van der Waals surface area contributed by atoms with Crippen LogP contribution in [0.1, 0.15) is 0 Å². The molecule has 1 heterocycles. The fourth-order valence-electron chi connectivity index (χ4n) is 1.71. The highest BCUT2D eigenvalue weighted by molar-refractivity contribution is 5.95. The molecule has 0 bridgehead atoms. The summed E-state index contributed by atoms with van der Waals surface area (Å²) in [7, 11) is 3.18. The third-order valence-corrected chi connectivity index (χ3v) is 2.53. The van der Waals surface area contributed by atoms with Gasteiger partial charge in [-0.1, -0.05) is 0 Å². The molecule has 86 valence electrons. The minimum absolute atomic E-state index is 0.105. The second kappa shape index (κ2) is 4.30. The summed E-state index contributed by atoms with van der Waals surface area (Å²) >= 11 is 0. The number of amides is 2. The van der Waals surface area contributed by atoms with Gasteiger partial charge in [0.2, 0.25) is 0 Å². The molecule has 0 spiro atoms. The van der Waals surface area contributed by atoms with E-state index in [4.69, 9.17) is 9.47 Å². The quantitative estimate of drug-likeness (QED) is 0.837. The lowest BCUT2D eigenvalue weighted by atomic mass is 10.2. The number of carbonyl (C=O) groups excluding carboxylic acids is 1. The number of ether oxygens (including phenoxy) is 2. The van der Waals surface area contributed by atoms with Crippen LogP contribution in [0.2, 0.25) is 0 Å². The number of rotatable bonds is 3. The van der Waals surface area contributed by atoms with Crippen LogP contribution in [0.5, 0.6) is 11.5 Å². The van der Waals surface area contributed by atoms with Crippen LogP contribution in [-0.4, -0.2) is 33.3 Å². The van der Waals surface area contributed by atoms with E-state index in [1.807, 2.05) is 0 Å². The van der Waals surface area contributed by atoms with Gasteiger partial charge >= 0.3 is 6.03 Å². The van der Waals surface area contributed by atoms with Crippen molar-refractivity contribution < 1.29 is 14.3 Å². The molecule has 1 fully saturated rings. The Labute approximate surface area is 93.9 Å². The Bertz CT molecular complexity index is 406. The molecule has 0 unspecified atom stereocenters. The Balaban J connectivity index is 2.39. The molecule has 1 aliphatic heterocycles. The fraction of sp³-hybridized carbons (Fsp3) is 0.364. The number of carbonyl (C=O) groups is 1. The highest BCUT2D eigenvalue weighted by Gasteiger charge is 2.24. The first kappa shape index (κ1) is 10.6. The minimum Gasteiger partial charge on any atom is -0.497 e. The lowest BCUT2D eigenvalue weighted by Crippen LogP contribution is -2.28. The minimum atomic E-state index is -0.105. The van der Waals surface area contributed by atoms with E-state index in [1.165, 1.54) is 0 Å². The molecular formula is C11H14N2O3. The highest BCUT2D eigenvalue weighted by atomic mass is 16.5. The zero-order valence-corrected chi connectivity index (χ0v) is 9.32. The maximum Gasteiger partial charge on any atom is 0.322 e. The largest absolute Gasteiger partial charge is 0.497 e. The summed E-state index contributed by atoms with van der Waals surface area (Å²) in [6, 6.07) is 5.28. The second-order valence-electron chi connectivity index (χ2n) is 3.42. The highest BCUT2D eigenvalue weighted by Crippen LogP contribution is 2.32.